The van der Waals surface area contributed by atoms with Crippen molar-refractivity contribution in [1.29, 1.82) is 0 Å². The Morgan fingerprint density at radius 3 is 2.84 bits per heavy atom. The summed E-state index contributed by atoms with van der Waals surface area (Å²) in [6, 6.07) is 6.03. The lowest BCUT2D eigenvalue weighted by Crippen LogP contribution is -2.04. The van der Waals surface area contributed by atoms with E-state index in [1.165, 1.54) is 5.56 Å². The van der Waals surface area contributed by atoms with Crippen LogP contribution in [0.1, 0.15) is 30.7 Å². The lowest BCUT2D eigenvalue weighted by atomic mass is 10.1. The number of aliphatic hydroxyl groups is 1. The lowest BCUT2D eigenvalue weighted by molar-refractivity contribution is 0.258. The molecule has 2 aromatic rings. The molecule has 0 spiro atoms. The lowest BCUT2D eigenvalue weighted by Gasteiger charge is -2.09. The highest BCUT2D eigenvalue weighted by Crippen LogP contribution is 2.30. The fourth-order valence-electron chi connectivity index (χ4n) is 2.12. The van der Waals surface area contributed by atoms with Crippen LogP contribution in [0.15, 0.2) is 24.4 Å². The number of hydrogen-bond acceptors (Lipinski definition) is 3. The van der Waals surface area contributed by atoms with E-state index < -0.39 is 0 Å². The molecule has 0 aliphatic carbocycles. The number of benzene rings is 1. The van der Waals surface area contributed by atoms with Gasteiger partial charge in [-0.1, -0.05) is 18.6 Å². The number of H-pyrrole nitrogens is 1. The Morgan fingerprint density at radius 2 is 2.21 bits per heavy atom. The number of methoxy groups -OCH3 is 1. The van der Waals surface area contributed by atoms with E-state index in [2.05, 4.69) is 16.0 Å². The van der Waals surface area contributed by atoms with Gasteiger partial charge in [-0.15, -0.1) is 0 Å². The highest BCUT2D eigenvalue weighted by atomic mass is 16.5. The first-order chi connectivity index (χ1) is 9.19. The zero-order valence-corrected chi connectivity index (χ0v) is 11.6. The smallest absolute Gasteiger partial charge is 0.128 e. The van der Waals surface area contributed by atoms with Gasteiger partial charge >= 0.3 is 0 Å². The van der Waals surface area contributed by atoms with Crippen LogP contribution in [0.4, 0.5) is 0 Å². The minimum Gasteiger partial charge on any atom is -0.496 e. The van der Waals surface area contributed by atoms with Crippen molar-refractivity contribution in [2.45, 2.75) is 26.2 Å². The standard InChI is InChI=1S/C15H20N2O2/c1-4-11(9-18)15-16-8-13(17-15)12-7-10(2)5-6-14(12)19-3/h5-8,11,18H,4,9H2,1-3H3,(H,16,17). The first-order valence-corrected chi connectivity index (χ1v) is 6.50. The minimum atomic E-state index is 0.0598. The third-order valence-electron chi connectivity index (χ3n) is 3.34. The molecular weight excluding hydrogens is 240 g/mol. The summed E-state index contributed by atoms with van der Waals surface area (Å²) in [7, 11) is 1.66. The van der Waals surface area contributed by atoms with Crippen LogP contribution in [-0.4, -0.2) is 28.8 Å². The average Bonchev–Trinajstić information content (AvgIpc) is 2.89. The van der Waals surface area contributed by atoms with Crippen LogP contribution in [-0.2, 0) is 0 Å². The molecule has 4 heteroatoms. The number of imidazole rings is 1. The molecule has 1 atom stereocenters. The van der Waals surface area contributed by atoms with Gasteiger partial charge in [-0.3, -0.25) is 0 Å². The van der Waals surface area contributed by atoms with Crippen LogP contribution < -0.4 is 4.74 Å². The molecule has 4 nitrogen and oxygen atoms in total. The Bertz CT molecular complexity index is 545. The summed E-state index contributed by atoms with van der Waals surface area (Å²) >= 11 is 0. The molecule has 0 radical (unpaired) electrons. The Balaban J connectivity index is 2.40. The van der Waals surface area contributed by atoms with Gasteiger partial charge < -0.3 is 14.8 Å². The molecule has 0 fully saturated rings. The number of rotatable bonds is 5. The second-order valence-corrected chi connectivity index (χ2v) is 4.67. The highest BCUT2D eigenvalue weighted by Gasteiger charge is 2.14. The third-order valence-corrected chi connectivity index (χ3v) is 3.34. The van der Waals surface area contributed by atoms with Gasteiger partial charge in [-0.25, -0.2) is 4.98 Å². The Hall–Kier alpha value is -1.81. The molecule has 1 unspecified atom stereocenters. The summed E-state index contributed by atoms with van der Waals surface area (Å²) in [6.45, 7) is 4.19. The molecule has 0 saturated heterocycles. The monoisotopic (exact) mass is 260 g/mol. The zero-order valence-electron chi connectivity index (χ0n) is 11.6. The maximum absolute atomic E-state index is 9.32. The van der Waals surface area contributed by atoms with Crippen molar-refractivity contribution in [3.05, 3.63) is 35.8 Å². The van der Waals surface area contributed by atoms with Gasteiger partial charge in [-0.05, 0) is 25.5 Å². The SMILES string of the molecule is CCC(CO)c1ncc(-c2cc(C)ccc2OC)[nH]1. The normalized spacial score (nSPS) is 12.4. The highest BCUT2D eigenvalue weighted by molar-refractivity contribution is 5.67. The predicted molar refractivity (Wildman–Crippen MR) is 75.4 cm³/mol. The maximum Gasteiger partial charge on any atom is 0.128 e. The van der Waals surface area contributed by atoms with Crippen molar-refractivity contribution < 1.29 is 9.84 Å². The van der Waals surface area contributed by atoms with Gasteiger partial charge in [0.2, 0.25) is 0 Å². The van der Waals surface area contributed by atoms with Crippen molar-refractivity contribution in [3.8, 4) is 17.0 Å². The van der Waals surface area contributed by atoms with E-state index in [0.717, 1.165) is 29.3 Å². The second kappa shape index (κ2) is 5.89. The van der Waals surface area contributed by atoms with Crippen LogP contribution in [0.25, 0.3) is 11.3 Å². The first-order valence-electron chi connectivity index (χ1n) is 6.50. The number of hydrogen-bond donors (Lipinski definition) is 2. The quantitative estimate of drug-likeness (QED) is 0.869. The van der Waals surface area contributed by atoms with E-state index in [4.69, 9.17) is 4.74 Å². The number of aliphatic hydroxyl groups excluding tert-OH is 1. The van der Waals surface area contributed by atoms with Crippen LogP contribution in [0.3, 0.4) is 0 Å². The number of ether oxygens (including phenoxy) is 1. The molecule has 1 heterocycles. The summed E-state index contributed by atoms with van der Waals surface area (Å²) in [6.07, 6.45) is 2.65. The molecule has 102 valence electrons. The number of nitrogens with zero attached hydrogens (tertiary/aromatic N) is 1. The molecule has 0 bridgehead atoms. The first kappa shape index (κ1) is 13.6. The number of aromatic amines is 1. The number of aromatic nitrogens is 2. The predicted octanol–water partition coefficient (Wildman–Crippen LogP) is 2.88. The molecular formula is C15H20N2O2. The number of nitrogens with one attached hydrogen (secondary N) is 1. The van der Waals surface area contributed by atoms with Crippen LogP contribution in [0.5, 0.6) is 5.75 Å². The van der Waals surface area contributed by atoms with Crippen molar-refractivity contribution in [2.75, 3.05) is 13.7 Å². The fraction of sp³-hybridized carbons (Fsp3) is 0.400. The fourth-order valence-corrected chi connectivity index (χ4v) is 2.12. The molecule has 0 aliphatic heterocycles. The number of aryl methyl sites for hydroxylation is 1. The molecule has 0 amide bonds. The van der Waals surface area contributed by atoms with Crippen molar-refractivity contribution in [2.24, 2.45) is 0 Å². The van der Waals surface area contributed by atoms with E-state index in [0.29, 0.717) is 0 Å². The molecule has 0 saturated carbocycles. The molecule has 0 aliphatic rings. The van der Waals surface area contributed by atoms with Gasteiger partial charge in [0.25, 0.3) is 0 Å². The van der Waals surface area contributed by atoms with Gasteiger partial charge in [0.05, 0.1) is 25.6 Å². The van der Waals surface area contributed by atoms with Gasteiger partial charge in [0.15, 0.2) is 0 Å². The molecule has 2 rings (SSSR count). The van der Waals surface area contributed by atoms with Crippen molar-refractivity contribution >= 4 is 0 Å². The van der Waals surface area contributed by atoms with Gasteiger partial charge in [-0.2, -0.15) is 0 Å². The van der Waals surface area contributed by atoms with E-state index in [-0.39, 0.29) is 12.5 Å². The largest absolute Gasteiger partial charge is 0.496 e. The second-order valence-electron chi connectivity index (χ2n) is 4.67. The Morgan fingerprint density at radius 1 is 1.42 bits per heavy atom. The molecule has 1 aromatic heterocycles. The van der Waals surface area contributed by atoms with Crippen molar-refractivity contribution in [3.63, 3.8) is 0 Å². The average molecular weight is 260 g/mol. The molecule has 1 aromatic carbocycles. The molecule has 19 heavy (non-hydrogen) atoms. The Kier molecular flexibility index (Phi) is 4.22. The molecule has 2 N–H and O–H groups in total. The van der Waals surface area contributed by atoms with Crippen molar-refractivity contribution in [1.82, 2.24) is 9.97 Å². The summed E-state index contributed by atoms with van der Waals surface area (Å²) in [5.74, 6) is 1.70. The zero-order chi connectivity index (χ0) is 13.8. The van der Waals surface area contributed by atoms with E-state index in [1.54, 1.807) is 13.3 Å². The summed E-state index contributed by atoms with van der Waals surface area (Å²) < 4.78 is 5.38. The maximum atomic E-state index is 9.32. The van der Waals surface area contributed by atoms with Gasteiger partial charge in [0.1, 0.15) is 11.6 Å². The van der Waals surface area contributed by atoms with E-state index >= 15 is 0 Å². The van der Waals surface area contributed by atoms with Crippen LogP contribution >= 0.6 is 0 Å². The van der Waals surface area contributed by atoms with E-state index in [1.807, 2.05) is 26.0 Å². The Labute approximate surface area is 113 Å². The summed E-state index contributed by atoms with van der Waals surface area (Å²) in [4.78, 5) is 7.65. The minimum absolute atomic E-state index is 0.0598. The topological polar surface area (TPSA) is 58.1 Å². The third kappa shape index (κ3) is 2.79. The summed E-state index contributed by atoms with van der Waals surface area (Å²) in [5, 5.41) is 9.32. The van der Waals surface area contributed by atoms with Crippen LogP contribution in [0.2, 0.25) is 0 Å². The van der Waals surface area contributed by atoms with E-state index in [9.17, 15) is 5.11 Å². The summed E-state index contributed by atoms with van der Waals surface area (Å²) in [5.41, 5.74) is 3.08. The van der Waals surface area contributed by atoms with Crippen LogP contribution in [0, 0.1) is 6.92 Å². The van der Waals surface area contributed by atoms with Gasteiger partial charge in [0, 0.05) is 11.5 Å².